The van der Waals surface area contributed by atoms with Crippen LogP contribution >= 0.6 is 11.8 Å². The van der Waals surface area contributed by atoms with Crippen LogP contribution in [0.1, 0.15) is 0 Å². The first-order chi connectivity index (χ1) is 14.1. The van der Waals surface area contributed by atoms with Gasteiger partial charge in [-0.25, -0.2) is 0 Å². The van der Waals surface area contributed by atoms with E-state index in [1.807, 2.05) is 40.1 Å². The lowest BCUT2D eigenvalue weighted by molar-refractivity contribution is -0.384. The fourth-order valence-corrected chi connectivity index (χ4v) is 4.46. The highest BCUT2D eigenvalue weighted by Gasteiger charge is 2.25. The van der Waals surface area contributed by atoms with Gasteiger partial charge in [-0.1, -0.05) is 30.3 Å². The van der Waals surface area contributed by atoms with E-state index in [9.17, 15) is 14.9 Å². The first-order valence-electron chi connectivity index (χ1n) is 9.36. The van der Waals surface area contributed by atoms with Crippen molar-refractivity contribution in [2.24, 2.45) is 0 Å². The second-order valence-corrected chi connectivity index (χ2v) is 7.75. The Morgan fingerprint density at radius 1 is 1.03 bits per heavy atom. The number of fused-ring (bicyclic) bond motifs is 1. The Kier molecular flexibility index (Phi) is 5.62. The van der Waals surface area contributed by atoms with Crippen LogP contribution in [0.5, 0.6) is 0 Å². The molecule has 1 aliphatic rings. The van der Waals surface area contributed by atoms with Crippen LogP contribution in [0.4, 0.5) is 11.4 Å². The molecule has 2 aromatic carbocycles. The number of anilines is 1. The molecule has 1 aromatic heterocycles. The Morgan fingerprint density at radius 2 is 1.76 bits per heavy atom. The average Bonchev–Trinajstić information content (AvgIpc) is 2.77. The van der Waals surface area contributed by atoms with Gasteiger partial charge in [-0.05, 0) is 18.2 Å². The largest absolute Gasteiger partial charge is 0.362 e. The Bertz CT molecular complexity index is 1050. The maximum atomic E-state index is 12.7. The number of amides is 1. The molecule has 8 heteroatoms. The predicted molar refractivity (Wildman–Crippen MR) is 114 cm³/mol. The van der Waals surface area contributed by atoms with Gasteiger partial charge in [-0.15, -0.1) is 11.8 Å². The molecule has 148 valence electrons. The molecule has 2 heterocycles. The average molecular weight is 408 g/mol. The highest BCUT2D eigenvalue weighted by Crippen LogP contribution is 2.29. The van der Waals surface area contributed by atoms with Crippen molar-refractivity contribution < 1.29 is 9.72 Å². The van der Waals surface area contributed by atoms with Crippen molar-refractivity contribution in [3.05, 3.63) is 70.9 Å². The SMILES string of the molecule is O=C(CSc1ccnc2ccccc12)N1CCN(c2ccccc2[N+](=O)[O-])CC1. The number of para-hydroxylation sites is 3. The summed E-state index contributed by atoms with van der Waals surface area (Å²) in [5.74, 6) is 0.442. The van der Waals surface area contributed by atoms with E-state index < -0.39 is 0 Å². The maximum absolute atomic E-state index is 12.7. The van der Waals surface area contributed by atoms with E-state index in [1.54, 1.807) is 24.4 Å². The van der Waals surface area contributed by atoms with Crippen LogP contribution in [0.15, 0.2) is 65.7 Å². The van der Waals surface area contributed by atoms with Gasteiger partial charge < -0.3 is 9.80 Å². The van der Waals surface area contributed by atoms with Gasteiger partial charge >= 0.3 is 0 Å². The second kappa shape index (κ2) is 8.48. The van der Waals surface area contributed by atoms with Gasteiger partial charge in [-0.3, -0.25) is 19.9 Å². The molecule has 0 bridgehead atoms. The number of nitro benzene ring substituents is 1. The molecule has 29 heavy (non-hydrogen) atoms. The minimum atomic E-state index is -0.359. The summed E-state index contributed by atoms with van der Waals surface area (Å²) in [4.78, 5) is 32.8. The second-order valence-electron chi connectivity index (χ2n) is 6.73. The number of nitrogens with zero attached hydrogens (tertiary/aromatic N) is 4. The van der Waals surface area contributed by atoms with Crippen LogP contribution < -0.4 is 4.90 Å². The summed E-state index contributed by atoms with van der Waals surface area (Å²) < 4.78 is 0. The van der Waals surface area contributed by atoms with Crippen molar-refractivity contribution in [1.82, 2.24) is 9.88 Å². The number of thioether (sulfide) groups is 1. The highest BCUT2D eigenvalue weighted by atomic mass is 32.2. The van der Waals surface area contributed by atoms with E-state index in [0.29, 0.717) is 37.6 Å². The first kappa shape index (κ1) is 19.2. The number of carbonyl (C=O) groups excluding carboxylic acids is 1. The van der Waals surface area contributed by atoms with E-state index >= 15 is 0 Å². The number of carbonyl (C=O) groups is 1. The van der Waals surface area contributed by atoms with E-state index in [4.69, 9.17) is 0 Å². The third-order valence-electron chi connectivity index (χ3n) is 5.01. The molecule has 0 N–H and O–H groups in total. The number of hydrogen-bond acceptors (Lipinski definition) is 6. The quantitative estimate of drug-likeness (QED) is 0.365. The molecule has 0 radical (unpaired) electrons. The van der Waals surface area contributed by atoms with Gasteiger partial charge in [-0.2, -0.15) is 0 Å². The molecule has 1 saturated heterocycles. The molecule has 1 aliphatic heterocycles. The van der Waals surface area contributed by atoms with Gasteiger partial charge in [0.1, 0.15) is 5.69 Å². The van der Waals surface area contributed by atoms with Gasteiger partial charge in [0.2, 0.25) is 5.91 Å². The minimum absolute atomic E-state index is 0.0816. The zero-order valence-corrected chi connectivity index (χ0v) is 16.5. The molecule has 1 amide bonds. The van der Waals surface area contributed by atoms with Crippen LogP contribution in [0.25, 0.3) is 10.9 Å². The number of piperazine rings is 1. The van der Waals surface area contributed by atoms with E-state index in [0.717, 1.165) is 15.8 Å². The van der Waals surface area contributed by atoms with Crippen molar-refractivity contribution in [2.75, 3.05) is 36.8 Å². The topological polar surface area (TPSA) is 79.6 Å². The number of aromatic nitrogens is 1. The molecule has 0 aliphatic carbocycles. The molecule has 4 rings (SSSR count). The molecular formula is C21H20N4O3S. The molecule has 1 fully saturated rings. The fourth-order valence-electron chi connectivity index (χ4n) is 3.51. The number of hydrogen-bond donors (Lipinski definition) is 0. The summed E-state index contributed by atoms with van der Waals surface area (Å²) in [7, 11) is 0. The molecule has 7 nitrogen and oxygen atoms in total. The predicted octanol–water partition coefficient (Wildman–Crippen LogP) is 3.58. The summed E-state index contributed by atoms with van der Waals surface area (Å²) in [5.41, 5.74) is 1.64. The first-order valence-corrected chi connectivity index (χ1v) is 10.3. The van der Waals surface area contributed by atoms with E-state index in [2.05, 4.69) is 4.98 Å². The Morgan fingerprint density at radius 3 is 2.55 bits per heavy atom. The van der Waals surface area contributed by atoms with Crippen LogP contribution in [0.2, 0.25) is 0 Å². The van der Waals surface area contributed by atoms with Crippen molar-refractivity contribution in [3.8, 4) is 0 Å². The summed E-state index contributed by atoms with van der Waals surface area (Å²) in [5, 5.41) is 12.3. The van der Waals surface area contributed by atoms with Gasteiger partial charge in [0.05, 0.1) is 16.2 Å². The lowest BCUT2D eigenvalue weighted by atomic mass is 10.2. The molecule has 0 spiro atoms. The lowest BCUT2D eigenvalue weighted by Gasteiger charge is -2.35. The van der Waals surface area contributed by atoms with Crippen molar-refractivity contribution in [2.45, 2.75) is 4.90 Å². The minimum Gasteiger partial charge on any atom is -0.362 e. The number of nitro groups is 1. The molecule has 0 saturated carbocycles. The maximum Gasteiger partial charge on any atom is 0.292 e. The van der Waals surface area contributed by atoms with Gasteiger partial charge in [0.25, 0.3) is 5.69 Å². The van der Waals surface area contributed by atoms with Gasteiger partial charge in [0.15, 0.2) is 0 Å². The zero-order valence-electron chi connectivity index (χ0n) is 15.7. The van der Waals surface area contributed by atoms with Crippen molar-refractivity contribution in [1.29, 1.82) is 0 Å². The molecule has 3 aromatic rings. The van der Waals surface area contributed by atoms with Crippen LogP contribution in [0.3, 0.4) is 0 Å². The monoisotopic (exact) mass is 408 g/mol. The molecule has 0 unspecified atom stereocenters. The van der Waals surface area contributed by atoms with E-state index in [-0.39, 0.29) is 16.5 Å². The van der Waals surface area contributed by atoms with Crippen LogP contribution in [0, 0.1) is 10.1 Å². The number of rotatable bonds is 5. The van der Waals surface area contributed by atoms with Crippen LogP contribution in [-0.4, -0.2) is 52.6 Å². The van der Waals surface area contributed by atoms with Crippen molar-refractivity contribution >= 4 is 39.9 Å². The Balaban J connectivity index is 1.37. The third kappa shape index (κ3) is 4.17. The number of pyridine rings is 1. The Labute approximate surface area is 172 Å². The highest BCUT2D eigenvalue weighted by molar-refractivity contribution is 8.00. The lowest BCUT2D eigenvalue weighted by Crippen LogP contribution is -2.49. The summed E-state index contributed by atoms with van der Waals surface area (Å²) in [6, 6.07) is 16.6. The fraction of sp³-hybridized carbons (Fsp3) is 0.238. The zero-order chi connectivity index (χ0) is 20.2. The summed E-state index contributed by atoms with van der Waals surface area (Å²) in [6.45, 7) is 2.28. The molecular weight excluding hydrogens is 388 g/mol. The summed E-state index contributed by atoms with van der Waals surface area (Å²) in [6.07, 6.45) is 1.76. The van der Waals surface area contributed by atoms with E-state index in [1.165, 1.54) is 17.8 Å². The Hall–Kier alpha value is -3.13. The van der Waals surface area contributed by atoms with Gasteiger partial charge in [0, 0.05) is 48.7 Å². The molecule has 0 atom stereocenters. The van der Waals surface area contributed by atoms with Crippen LogP contribution in [-0.2, 0) is 4.79 Å². The number of benzene rings is 2. The normalized spacial score (nSPS) is 14.2. The standard InChI is InChI=1S/C21H20N4O3S/c26-21(15-29-20-9-10-22-17-6-2-1-5-16(17)20)24-13-11-23(12-14-24)18-7-3-4-8-19(18)25(27)28/h1-10H,11-15H2. The van der Waals surface area contributed by atoms with Crippen molar-refractivity contribution in [3.63, 3.8) is 0 Å². The summed E-state index contributed by atoms with van der Waals surface area (Å²) >= 11 is 1.52. The smallest absolute Gasteiger partial charge is 0.292 e. The third-order valence-corrected chi connectivity index (χ3v) is 6.07.